The van der Waals surface area contributed by atoms with Gasteiger partial charge in [0.2, 0.25) is 10.0 Å². The second kappa shape index (κ2) is 8.30. The van der Waals surface area contributed by atoms with Crippen LogP contribution >= 0.6 is 0 Å². The monoisotopic (exact) mass is 343 g/mol. The molecule has 1 aliphatic heterocycles. The minimum Gasteiger partial charge on any atom is -0.338 e. The highest BCUT2D eigenvalue weighted by molar-refractivity contribution is 7.88. The number of nitrogens with zero attached hydrogens (tertiary/aromatic N) is 3. The maximum Gasteiger partial charge on any atom is 0.317 e. The van der Waals surface area contributed by atoms with Gasteiger partial charge in [0.25, 0.3) is 0 Å². The van der Waals surface area contributed by atoms with Crippen molar-refractivity contribution >= 4 is 16.1 Å². The minimum absolute atomic E-state index is 0.0791. The van der Waals surface area contributed by atoms with Gasteiger partial charge >= 0.3 is 6.03 Å². The van der Waals surface area contributed by atoms with Gasteiger partial charge in [-0.05, 0) is 31.7 Å². The second-order valence-electron chi connectivity index (χ2n) is 5.82. The van der Waals surface area contributed by atoms with E-state index >= 15 is 0 Å². The van der Waals surface area contributed by atoms with Gasteiger partial charge in [-0.2, -0.15) is 5.10 Å². The molecule has 1 aromatic rings. The molecule has 0 saturated carbocycles. The van der Waals surface area contributed by atoms with Crippen LogP contribution in [0.2, 0.25) is 0 Å². The molecule has 1 aromatic heterocycles. The van der Waals surface area contributed by atoms with Gasteiger partial charge in [-0.1, -0.05) is 0 Å². The normalized spacial score (nSPS) is 18.8. The molecule has 0 bridgehead atoms. The first kappa shape index (κ1) is 17.7. The van der Waals surface area contributed by atoms with Crippen molar-refractivity contribution < 1.29 is 13.2 Å². The highest BCUT2D eigenvalue weighted by Crippen LogP contribution is 2.16. The van der Waals surface area contributed by atoms with Gasteiger partial charge in [-0.15, -0.1) is 0 Å². The largest absolute Gasteiger partial charge is 0.338 e. The summed E-state index contributed by atoms with van der Waals surface area (Å²) in [7, 11) is -3.24. The molecule has 0 spiro atoms. The van der Waals surface area contributed by atoms with Crippen LogP contribution in [0.5, 0.6) is 0 Å². The van der Waals surface area contributed by atoms with E-state index < -0.39 is 10.0 Å². The molecule has 2 heterocycles. The molecule has 0 radical (unpaired) electrons. The molecule has 2 amide bonds. The van der Waals surface area contributed by atoms with Crippen LogP contribution in [0.3, 0.4) is 0 Å². The fourth-order valence-electron chi connectivity index (χ4n) is 2.70. The number of rotatable bonds is 7. The number of nitrogens with one attached hydrogen (secondary N) is 2. The van der Waals surface area contributed by atoms with Crippen LogP contribution in [-0.2, 0) is 16.6 Å². The zero-order valence-corrected chi connectivity index (χ0v) is 14.3. The Hall–Kier alpha value is -1.61. The lowest BCUT2D eigenvalue weighted by molar-refractivity contribution is 0.152. The number of aryl methyl sites for hydroxylation is 1. The Morgan fingerprint density at radius 1 is 1.39 bits per heavy atom. The summed E-state index contributed by atoms with van der Waals surface area (Å²) in [5.41, 5.74) is 0. The summed E-state index contributed by atoms with van der Waals surface area (Å²) in [6.45, 7) is 2.27. The molecule has 23 heavy (non-hydrogen) atoms. The van der Waals surface area contributed by atoms with Crippen LogP contribution in [0, 0.1) is 0 Å². The molecule has 2 N–H and O–H groups in total. The van der Waals surface area contributed by atoms with E-state index in [1.165, 1.54) is 0 Å². The molecule has 1 fully saturated rings. The van der Waals surface area contributed by atoms with Gasteiger partial charge in [0.05, 0.1) is 6.26 Å². The van der Waals surface area contributed by atoms with Crippen LogP contribution in [0.25, 0.3) is 0 Å². The van der Waals surface area contributed by atoms with Gasteiger partial charge in [0, 0.05) is 44.6 Å². The lowest BCUT2D eigenvalue weighted by Gasteiger charge is -2.35. The lowest BCUT2D eigenvalue weighted by atomic mass is 10.0. The molecule has 1 aliphatic rings. The third kappa shape index (κ3) is 6.19. The predicted octanol–water partition coefficient (Wildman–Crippen LogP) is 0.387. The first-order valence-electron chi connectivity index (χ1n) is 7.92. The number of hydrogen-bond donors (Lipinski definition) is 2. The average Bonchev–Trinajstić information content (AvgIpc) is 3.02. The number of amides is 2. The molecule has 8 nitrogen and oxygen atoms in total. The zero-order chi connectivity index (χ0) is 16.7. The van der Waals surface area contributed by atoms with E-state index in [2.05, 4.69) is 15.1 Å². The number of aromatic nitrogens is 2. The van der Waals surface area contributed by atoms with Crippen molar-refractivity contribution in [1.82, 2.24) is 24.7 Å². The van der Waals surface area contributed by atoms with E-state index in [-0.39, 0.29) is 18.6 Å². The van der Waals surface area contributed by atoms with Crippen LogP contribution in [0.4, 0.5) is 4.79 Å². The molecular weight excluding hydrogens is 318 g/mol. The number of carbonyl (C=O) groups is 1. The van der Waals surface area contributed by atoms with Gasteiger partial charge in [-0.25, -0.2) is 17.9 Å². The van der Waals surface area contributed by atoms with Crippen LogP contribution in [0.15, 0.2) is 18.5 Å². The summed E-state index contributed by atoms with van der Waals surface area (Å²) in [5.74, 6) is 0. The predicted molar refractivity (Wildman–Crippen MR) is 87.4 cm³/mol. The van der Waals surface area contributed by atoms with Crippen molar-refractivity contribution in [2.75, 3.05) is 25.9 Å². The van der Waals surface area contributed by atoms with Gasteiger partial charge in [0.1, 0.15) is 0 Å². The molecule has 1 atom stereocenters. The van der Waals surface area contributed by atoms with E-state index in [0.717, 1.165) is 38.5 Å². The third-order valence-electron chi connectivity index (χ3n) is 3.87. The molecule has 130 valence electrons. The third-order valence-corrected chi connectivity index (χ3v) is 4.56. The first-order valence-corrected chi connectivity index (χ1v) is 9.81. The van der Waals surface area contributed by atoms with Crippen molar-refractivity contribution in [1.29, 1.82) is 0 Å². The number of likely N-dealkylation sites (tertiary alicyclic amines) is 1. The fourth-order valence-corrected chi connectivity index (χ4v) is 3.19. The summed E-state index contributed by atoms with van der Waals surface area (Å²) in [6, 6.07) is 1.67. The standard InChI is InChI=1S/C14H25N5O3S/c1-23(21,22)17-12-13-6-2-3-11-19(13)14(20)15-7-4-9-18-10-5-8-16-18/h5,8,10,13,17H,2-4,6-7,9,11-12H2,1H3,(H,15,20). The minimum atomic E-state index is -3.24. The van der Waals surface area contributed by atoms with Gasteiger partial charge in [-0.3, -0.25) is 4.68 Å². The van der Waals surface area contributed by atoms with Gasteiger partial charge < -0.3 is 10.2 Å². The van der Waals surface area contributed by atoms with E-state index in [4.69, 9.17) is 0 Å². The Morgan fingerprint density at radius 3 is 2.91 bits per heavy atom. The smallest absolute Gasteiger partial charge is 0.317 e. The number of hydrogen-bond acceptors (Lipinski definition) is 4. The van der Waals surface area contributed by atoms with E-state index in [1.807, 2.05) is 16.9 Å². The van der Waals surface area contributed by atoms with E-state index in [1.54, 1.807) is 11.1 Å². The maximum atomic E-state index is 12.3. The highest BCUT2D eigenvalue weighted by atomic mass is 32.2. The Kier molecular flexibility index (Phi) is 6.40. The molecule has 0 aromatic carbocycles. The van der Waals surface area contributed by atoms with Crippen molar-refractivity contribution in [2.24, 2.45) is 0 Å². The Morgan fingerprint density at radius 2 is 2.22 bits per heavy atom. The van der Waals surface area contributed by atoms with Crippen molar-refractivity contribution in [3.63, 3.8) is 0 Å². The number of carbonyl (C=O) groups excluding carboxylic acids is 1. The summed E-state index contributed by atoms with van der Waals surface area (Å²) in [4.78, 5) is 14.1. The lowest BCUT2D eigenvalue weighted by Crippen LogP contribution is -2.52. The van der Waals surface area contributed by atoms with Crippen LogP contribution in [-0.4, -0.2) is 61.1 Å². The van der Waals surface area contributed by atoms with Crippen molar-refractivity contribution in [3.05, 3.63) is 18.5 Å². The van der Waals surface area contributed by atoms with Crippen molar-refractivity contribution in [3.8, 4) is 0 Å². The summed E-state index contributed by atoms with van der Waals surface area (Å²) >= 11 is 0. The molecular formula is C14H25N5O3S. The Bertz CT molecular complexity index is 588. The van der Waals surface area contributed by atoms with E-state index in [0.29, 0.717) is 13.1 Å². The Labute approximate surface area is 137 Å². The molecule has 1 saturated heterocycles. The second-order valence-corrected chi connectivity index (χ2v) is 7.65. The van der Waals surface area contributed by atoms with Crippen LogP contribution < -0.4 is 10.0 Å². The quantitative estimate of drug-likeness (QED) is 0.700. The number of urea groups is 1. The zero-order valence-electron chi connectivity index (χ0n) is 13.4. The number of sulfonamides is 1. The SMILES string of the molecule is CS(=O)(=O)NCC1CCCCN1C(=O)NCCCn1cccn1. The molecule has 0 aliphatic carbocycles. The van der Waals surface area contributed by atoms with Crippen molar-refractivity contribution in [2.45, 2.75) is 38.3 Å². The van der Waals surface area contributed by atoms with E-state index in [9.17, 15) is 13.2 Å². The first-order chi connectivity index (χ1) is 11.0. The summed E-state index contributed by atoms with van der Waals surface area (Å²) in [5, 5.41) is 7.02. The van der Waals surface area contributed by atoms with Crippen LogP contribution in [0.1, 0.15) is 25.7 Å². The maximum absolute atomic E-state index is 12.3. The molecule has 2 rings (SSSR count). The van der Waals surface area contributed by atoms with Gasteiger partial charge in [0.15, 0.2) is 0 Å². The highest BCUT2D eigenvalue weighted by Gasteiger charge is 2.26. The fraction of sp³-hybridized carbons (Fsp3) is 0.714. The number of piperidine rings is 1. The topological polar surface area (TPSA) is 96.3 Å². The molecule has 1 unspecified atom stereocenters. The summed E-state index contributed by atoms with van der Waals surface area (Å²) in [6.07, 6.45) is 8.34. The molecule has 9 heteroatoms. The summed E-state index contributed by atoms with van der Waals surface area (Å²) < 4.78 is 26.8. The average molecular weight is 343 g/mol. The Balaban J connectivity index is 1.75.